The first-order valence-electron chi connectivity index (χ1n) is 12.7. The van der Waals surface area contributed by atoms with Crippen molar-refractivity contribution in [1.29, 1.82) is 0 Å². The quantitative estimate of drug-likeness (QED) is 0.310. The van der Waals surface area contributed by atoms with Crippen molar-refractivity contribution in [2.24, 2.45) is 5.14 Å². The molecule has 8 heteroatoms. The highest BCUT2D eigenvalue weighted by Crippen LogP contribution is 2.40. The lowest BCUT2D eigenvalue weighted by Gasteiger charge is -2.29. The third-order valence-electron chi connectivity index (χ3n) is 5.90. The molecule has 2 N–H and O–H groups in total. The van der Waals surface area contributed by atoms with Gasteiger partial charge in [-0.3, -0.25) is 4.79 Å². The van der Waals surface area contributed by atoms with Crippen LogP contribution in [-0.2, 0) is 10.0 Å². The van der Waals surface area contributed by atoms with Gasteiger partial charge < -0.3 is 14.5 Å². The lowest BCUT2D eigenvalue weighted by Crippen LogP contribution is -2.30. The maximum absolute atomic E-state index is 13.3. The van der Waals surface area contributed by atoms with E-state index in [1.165, 1.54) is 6.07 Å². The lowest BCUT2D eigenvalue weighted by atomic mass is 10.1. The summed E-state index contributed by atoms with van der Waals surface area (Å²) < 4.78 is 31.7. The molecule has 0 aliphatic carbocycles. The topological polar surface area (TPSA) is 92.9 Å². The Hall–Kier alpha value is -2.58. The van der Waals surface area contributed by atoms with Crippen LogP contribution in [0.3, 0.4) is 0 Å². The third-order valence-corrected chi connectivity index (χ3v) is 6.82. The molecule has 0 saturated carbocycles. The van der Waals surface area contributed by atoms with Crippen LogP contribution >= 0.6 is 0 Å². The number of unbranched alkanes of at least 4 members (excludes halogenated alkanes) is 4. The Labute approximate surface area is 211 Å². The van der Waals surface area contributed by atoms with Gasteiger partial charge in [-0.25, -0.2) is 13.6 Å². The second-order valence-corrected chi connectivity index (χ2v) is 10.4. The van der Waals surface area contributed by atoms with Gasteiger partial charge in [0, 0.05) is 32.2 Å². The molecule has 7 nitrogen and oxygen atoms in total. The Morgan fingerprint density at radius 3 is 2.03 bits per heavy atom. The molecule has 0 radical (unpaired) electrons. The van der Waals surface area contributed by atoms with Gasteiger partial charge in [0.15, 0.2) is 5.75 Å². The van der Waals surface area contributed by atoms with E-state index in [1.54, 1.807) is 30.1 Å². The second-order valence-electron chi connectivity index (χ2n) is 8.91. The van der Waals surface area contributed by atoms with E-state index in [9.17, 15) is 13.2 Å². The van der Waals surface area contributed by atoms with Crippen molar-refractivity contribution in [1.82, 2.24) is 4.90 Å². The average Bonchev–Trinajstić information content (AvgIpc) is 2.84. The molecule has 0 saturated heterocycles. The molecule has 0 heterocycles. The minimum atomic E-state index is -4.18. The fraction of sp³-hybridized carbons (Fsp3) is 0.519. The summed E-state index contributed by atoms with van der Waals surface area (Å²) in [7, 11) is -2.43. The number of hydrogen-bond acceptors (Lipinski definition) is 5. The predicted molar refractivity (Wildman–Crippen MR) is 143 cm³/mol. The molecule has 0 aromatic heterocycles. The number of benzene rings is 2. The third kappa shape index (κ3) is 8.54. The van der Waals surface area contributed by atoms with Crippen molar-refractivity contribution < 1.29 is 17.9 Å². The number of carbonyl (C=O) groups excluding carboxylic acids is 1. The Balaban J connectivity index is 2.67. The highest BCUT2D eigenvalue weighted by Gasteiger charge is 2.27. The van der Waals surface area contributed by atoms with Crippen molar-refractivity contribution >= 4 is 21.6 Å². The molecule has 0 fully saturated rings. The van der Waals surface area contributed by atoms with Gasteiger partial charge in [0.2, 0.25) is 10.0 Å². The molecule has 0 unspecified atom stereocenters. The zero-order valence-corrected chi connectivity index (χ0v) is 22.4. The monoisotopic (exact) mass is 503 g/mol. The number of primary sulfonamides is 1. The Morgan fingerprint density at radius 1 is 0.886 bits per heavy atom. The van der Waals surface area contributed by atoms with Gasteiger partial charge >= 0.3 is 0 Å². The predicted octanol–water partition coefficient (Wildman–Crippen LogP) is 5.80. The van der Waals surface area contributed by atoms with Gasteiger partial charge in [-0.2, -0.15) is 0 Å². The Kier molecular flexibility index (Phi) is 11.5. The zero-order chi connectivity index (χ0) is 25.8. The number of nitrogens with zero attached hydrogens (tertiary/aromatic N) is 2. The van der Waals surface area contributed by atoms with Gasteiger partial charge in [0.05, 0.1) is 5.69 Å². The van der Waals surface area contributed by atoms with Crippen LogP contribution in [0.25, 0.3) is 0 Å². The summed E-state index contributed by atoms with van der Waals surface area (Å²) in [5.41, 5.74) is 0.869. The number of anilines is 1. The summed E-state index contributed by atoms with van der Waals surface area (Å²) >= 11 is 0. The van der Waals surface area contributed by atoms with Gasteiger partial charge in [0.25, 0.3) is 5.91 Å². The summed E-state index contributed by atoms with van der Waals surface area (Å²) in [5, 5.41) is 5.67. The van der Waals surface area contributed by atoms with Gasteiger partial charge in [-0.15, -0.1) is 0 Å². The SMILES string of the molecule is CCCCCN(C)C(=O)c1cc(N(CCCC)CCCC)c(Oc2ccccc2)c(S(N)(=O)=O)c1. The minimum absolute atomic E-state index is 0.163. The first-order valence-corrected chi connectivity index (χ1v) is 14.2. The van der Waals surface area contributed by atoms with Crippen LogP contribution in [0.2, 0.25) is 0 Å². The number of sulfonamides is 1. The molecule has 0 spiro atoms. The summed E-state index contributed by atoms with van der Waals surface area (Å²) in [4.78, 5) is 16.9. The average molecular weight is 504 g/mol. The molecule has 0 atom stereocenters. The van der Waals surface area contributed by atoms with Crippen LogP contribution in [0.5, 0.6) is 11.5 Å². The molecular formula is C27H41N3O4S. The van der Waals surface area contributed by atoms with Crippen LogP contribution in [0.1, 0.15) is 76.1 Å². The number of ether oxygens (including phenoxy) is 1. The van der Waals surface area contributed by atoms with Crippen LogP contribution < -0.4 is 14.8 Å². The van der Waals surface area contributed by atoms with Crippen molar-refractivity contribution in [2.45, 2.75) is 70.6 Å². The number of para-hydroxylation sites is 1. The smallest absolute Gasteiger partial charge is 0.253 e. The fourth-order valence-electron chi connectivity index (χ4n) is 3.84. The van der Waals surface area contributed by atoms with Crippen LogP contribution in [0, 0.1) is 0 Å². The van der Waals surface area contributed by atoms with E-state index in [4.69, 9.17) is 9.88 Å². The maximum atomic E-state index is 13.3. The van der Waals surface area contributed by atoms with Crippen molar-refractivity contribution in [3.8, 4) is 11.5 Å². The maximum Gasteiger partial charge on any atom is 0.253 e. The van der Waals surface area contributed by atoms with E-state index in [-0.39, 0.29) is 16.6 Å². The van der Waals surface area contributed by atoms with Crippen molar-refractivity contribution in [3.63, 3.8) is 0 Å². The Bertz CT molecular complexity index is 1030. The second kappa shape index (κ2) is 14.1. The summed E-state index contributed by atoms with van der Waals surface area (Å²) in [6.07, 6.45) is 6.79. The lowest BCUT2D eigenvalue weighted by molar-refractivity contribution is 0.0792. The molecule has 0 aliphatic heterocycles. The molecule has 35 heavy (non-hydrogen) atoms. The van der Waals surface area contributed by atoms with Gasteiger partial charge in [0.1, 0.15) is 10.6 Å². The van der Waals surface area contributed by atoms with Gasteiger partial charge in [-0.1, -0.05) is 64.7 Å². The van der Waals surface area contributed by atoms with Crippen LogP contribution in [0.15, 0.2) is 47.4 Å². The largest absolute Gasteiger partial charge is 0.454 e. The first kappa shape index (κ1) is 28.7. The molecule has 1 amide bonds. The molecular weight excluding hydrogens is 462 g/mol. The highest BCUT2D eigenvalue weighted by atomic mass is 32.2. The molecule has 2 aromatic carbocycles. The standard InChI is InChI=1S/C27H41N3O4S/c1-5-8-14-17-29(4)27(31)22-20-24(30(18-9-6-2)19-10-7-3)26(25(21-22)35(28,32)33)34-23-15-12-11-13-16-23/h11-13,15-16,20-21H,5-10,14,17-19H2,1-4H3,(H2,28,32,33). The summed E-state index contributed by atoms with van der Waals surface area (Å²) in [6.45, 7) is 8.37. The van der Waals surface area contributed by atoms with E-state index >= 15 is 0 Å². The van der Waals surface area contributed by atoms with Crippen LogP contribution in [-0.4, -0.2) is 45.9 Å². The highest BCUT2D eigenvalue weighted by molar-refractivity contribution is 7.89. The number of hydrogen-bond donors (Lipinski definition) is 1. The number of nitrogens with two attached hydrogens (primary N) is 1. The molecule has 0 bridgehead atoms. The van der Waals surface area contributed by atoms with Crippen molar-refractivity contribution in [2.75, 3.05) is 31.6 Å². The molecule has 2 aromatic rings. The van der Waals surface area contributed by atoms with E-state index < -0.39 is 10.0 Å². The van der Waals surface area contributed by atoms with Gasteiger partial charge in [-0.05, 0) is 43.5 Å². The minimum Gasteiger partial charge on any atom is -0.454 e. The number of rotatable bonds is 15. The van der Waals surface area contributed by atoms with E-state index in [1.807, 2.05) is 18.2 Å². The van der Waals surface area contributed by atoms with E-state index in [0.29, 0.717) is 23.5 Å². The summed E-state index contributed by atoms with van der Waals surface area (Å²) in [5.74, 6) is 0.431. The van der Waals surface area contributed by atoms with E-state index in [2.05, 4.69) is 25.7 Å². The zero-order valence-electron chi connectivity index (χ0n) is 21.6. The van der Waals surface area contributed by atoms with Crippen LogP contribution in [0.4, 0.5) is 5.69 Å². The number of amides is 1. The Morgan fingerprint density at radius 2 is 1.49 bits per heavy atom. The molecule has 2 rings (SSSR count). The fourth-order valence-corrected chi connectivity index (χ4v) is 4.53. The molecule has 0 aliphatic rings. The summed E-state index contributed by atoms with van der Waals surface area (Å²) in [6, 6.07) is 12.1. The van der Waals surface area contributed by atoms with Crippen molar-refractivity contribution in [3.05, 3.63) is 48.0 Å². The number of carbonyl (C=O) groups is 1. The van der Waals surface area contributed by atoms with E-state index in [0.717, 1.165) is 58.0 Å². The first-order chi connectivity index (χ1) is 16.7. The normalized spacial score (nSPS) is 11.3. The molecule has 194 valence electrons.